The Morgan fingerprint density at radius 2 is 1.94 bits per heavy atom. The highest BCUT2D eigenvalue weighted by atomic mass is 32.2. The van der Waals surface area contributed by atoms with E-state index in [0.29, 0.717) is 19.6 Å². The van der Waals surface area contributed by atoms with Crippen LogP contribution < -0.4 is 5.32 Å². The van der Waals surface area contributed by atoms with Gasteiger partial charge >= 0.3 is 0 Å². The average Bonchev–Trinajstić information content (AvgIpc) is 2.24. The molecular formula is C10H19N3O2S. The lowest BCUT2D eigenvalue weighted by atomic mass is 10.3. The van der Waals surface area contributed by atoms with Crippen molar-refractivity contribution in [3.8, 4) is 12.3 Å². The van der Waals surface area contributed by atoms with Gasteiger partial charge in [-0.2, -0.15) is 4.31 Å². The molecule has 5 nitrogen and oxygen atoms in total. The van der Waals surface area contributed by atoms with Crippen molar-refractivity contribution < 1.29 is 8.42 Å². The number of hydrogen-bond donors (Lipinski definition) is 1. The molecule has 0 spiro atoms. The van der Waals surface area contributed by atoms with Crippen LogP contribution >= 0.6 is 0 Å². The minimum Gasteiger partial charge on any atom is -0.305 e. The quantitative estimate of drug-likeness (QED) is 0.488. The van der Waals surface area contributed by atoms with Gasteiger partial charge < -0.3 is 5.32 Å². The molecule has 16 heavy (non-hydrogen) atoms. The van der Waals surface area contributed by atoms with Crippen LogP contribution in [0.5, 0.6) is 0 Å². The highest BCUT2D eigenvalue weighted by Crippen LogP contribution is 2.04. The van der Waals surface area contributed by atoms with E-state index in [4.69, 9.17) is 6.42 Å². The van der Waals surface area contributed by atoms with Crippen molar-refractivity contribution in [3.63, 3.8) is 0 Å². The Morgan fingerprint density at radius 3 is 2.44 bits per heavy atom. The Kier molecular flexibility index (Phi) is 5.22. The van der Waals surface area contributed by atoms with Crippen molar-refractivity contribution in [2.45, 2.75) is 0 Å². The minimum atomic E-state index is -3.01. The molecule has 1 rings (SSSR count). The minimum absolute atomic E-state index is 0.587. The van der Waals surface area contributed by atoms with Gasteiger partial charge in [0.15, 0.2) is 0 Å². The molecule has 0 aromatic rings. The second-order valence-corrected chi connectivity index (χ2v) is 5.87. The third-order valence-corrected chi connectivity index (χ3v) is 3.94. The van der Waals surface area contributed by atoms with Crippen molar-refractivity contribution >= 4 is 10.0 Å². The van der Waals surface area contributed by atoms with Gasteiger partial charge in [0, 0.05) is 39.3 Å². The lowest BCUT2D eigenvalue weighted by Gasteiger charge is -2.33. The second kappa shape index (κ2) is 6.21. The average molecular weight is 245 g/mol. The zero-order chi connectivity index (χ0) is 12.0. The van der Waals surface area contributed by atoms with E-state index >= 15 is 0 Å². The molecule has 1 heterocycles. The van der Waals surface area contributed by atoms with Crippen LogP contribution in [0.2, 0.25) is 0 Å². The molecule has 1 N–H and O–H groups in total. The van der Waals surface area contributed by atoms with Crippen LogP contribution in [0.15, 0.2) is 0 Å². The molecule has 0 aromatic carbocycles. The lowest BCUT2D eigenvalue weighted by molar-refractivity contribution is 0.190. The maximum absolute atomic E-state index is 11.3. The number of nitrogens with zero attached hydrogens (tertiary/aromatic N) is 2. The molecule has 0 aromatic heterocycles. The lowest BCUT2D eigenvalue weighted by Crippen LogP contribution is -2.49. The van der Waals surface area contributed by atoms with Gasteiger partial charge in [-0.3, -0.25) is 4.90 Å². The van der Waals surface area contributed by atoms with E-state index in [2.05, 4.69) is 16.1 Å². The molecule has 92 valence electrons. The molecular weight excluding hydrogens is 226 g/mol. The summed E-state index contributed by atoms with van der Waals surface area (Å²) >= 11 is 0. The van der Waals surface area contributed by atoms with Gasteiger partial charge in [0.2, 0.25) is 10.0 Å². The van der Waals surface area contributed by atoms with Gasteiger partial charge in [-0.05, 0) is 0 Å². The first-order valence-electron chi connectivity index (χ1n) is 5.35. The molecule has 0 saturated carbocycles. The zero-order valence-electron chi connectivity index (χ0n) is 9.65. The summed E-state index contributed by atoms with van der Waals surface area (Å²) in [5.74, 6) is 2.52. The molecule has 0 radical (unpaired) electrons. The summed E-state index contributed by atoms with van der Waals surface area (Å²) in [5.41, 5.74) is 0. The number of hydrogen-bond acceptors (Lipinski definition) is 4. The predicted octanol–water partition coefficient (Wildman–Crippen LogP) is -1.21. The first-order chi connectivity index (χ1) is 7.54. The van der Waals surface area contributed by atoms with Gasteiger partial charge in [0.1, 0.15) is 0 Å². The summed E-state index contributed by atoms with van der Waals surface area (Å²) in [6.07, 6.45) is 6.38. The normalized spacial score (nSPS) is 19.5. The first-order valence-corrected chi connectivity index (χ1v) is 7.20. The Bertz CT molecular complexity index is 340. The van der Waals surface area contributed by atoms with E-state index in [1.807, 2.05) is 0 Å². The summed E-state index contributed by atoms with van der Waals surface area (Å²) in [7, 11) is -3.01. The summed E-state index contributed by atoms with van der Waals surface area (Å²) in [6.45, 7) is 5.13. The van der Waals surface area contributed by atoms with Crippen LogP contribution in [0.4, 0.5) is 0 Å². The fourth-order valence-electron chi connectivity index (χ4n) is 1.68. The van der Waals surface area contributed by atoms with Crippen molar-refractivity contribution in [2.75, 3.05) is 52.1 Å². The van der Waals surface area contributed by atoms with Crippen molar-refractivity contribution in [3.05, 3.63) is 0 Å². The predicted molar refractivity (Wildman–Crippen MR) is 64.6 cm³/mol. The Labute approximate surface area is 97.8 Å². The molecule has 1 saturated heterocycles. The van der Waals surface area contributed by atoms with Crippen LogP contribution in [0.25, 0.3) is 0 Å². The topological polar surface area (TPSA) is 52.6 Å². The number of sulfonamides is 1. The molecule has 0 aliphatic carbocycles. The molecule has 1 aliphatic heterocycles. The maximum Gasteiger partial charge on any atom is 0.211 e. The van der Waals surface area contributed by atoms with Gasteiger partial charge in [0.25, 0.3) is 0 Å². The summed E-state index contributed by atoms with van der Waals surface area (Å²) in [5, 5.41) is 3.11. The van der Waals surface area contributed by atoms with Crippen molar-refractivity contribution in [1.29, 1.82) is 0 Å². The zero-order valence-corrected chi connectivity index (χ0v) is 10.5. The van der Waals surface area contributed by atoms with Crippen molar-refractivity contribution in [2.24, 2.45) is 0 Å². The molecule has 1 aliphatic rings. The molecule has 0 amide bonds. The number of terminal acetylenes is 1. The van der Waals surface area contributed by atoms with Gasteiger partial charge in [0.05, 0.1) is 12.8 Å². The fraction of sp³-hybridized carbons (Fsp3) is 0.800. The van der Waals surface area contributed by atoms with E-state index in [9.17, 15) is 8.42 Å². The summed E-state index contributed by atoms with van der Waals surface area (Å²) in [6, 6.07) is 0. The Morgan fingerprint density at radius 1 is 1.31 bits per heavy atom. The smallest absolute Gasteiger partial charge is 0.211 e. The van der Waals surface area contributed by atoms with Crippen molar-refractivity contribution in [1.82, 2.24) is 14.5 Å². The van der Waals surface area contributed by atoms with E-state index in [1.54, 1.807) is 0 Å². The molecule has 0 bridgehead atoms. The van der Waals surface area contributed by atoms with E-state index in [-0.39, 0.29) is 0 Å². The van der Waals surface area contributed by atoms with Gasteiger partial charge in [-0.25, -0.2) is 8.42 Å². The van der Waals surface area contributed by atoms with Crippen LogP contribution in [-0.4, -0.2) is 69.7 Å². The van der Waals surface area contributed by atoms with Crippen LogP contribution in [0.3, 0.4) is 0 Å². The Balaban J connectivity index is 2.20. The van der Waals surface area contributed by atoms with E-state index in [0.717, 1.165) is 26.2 Å². The summed E-state index contributed by atoms with van der Waals surface area (Å²) in [4.78, 5) is 2.24. The van der Waals surface area contributed by atoms with Gasteiger partial charge in [-0.1, -0.05) is 5.92 Å². The van der Waals surface area contributed by atoms with Crippen LogP contribution in [0, 0.1) is 12.3 Å². The third kappa shape index (κ3) is 4.49. The van der Waals surface area contributed by atoms with Crippen LogP contribution in [-0.2, 0) is 10.0 Å². The molecule has 0 atom stereocenters. The SMILES string of the molecule is C#CCNCCN1CCN(S(C)(=O)=O)CC1. The van der Waals surface area contributed by atoms with E-state index < -0.39 is 10.0 Å². The monoisotopic (exact) mass is 245 g/mol. The molecule has 6 heteroatoms. The highest BCUT2D eigenvalue weighted by Gasteiger charge is 2.22. The molecule has 0 unspecified atom stereocenters. The first kappa shape index (κ1) is 13.5. The molecule has 1 fully saturated rings. The maximum atomic E-state index is 11.3. The standard InChI is InChI=1S/C10H19N3O2S/c1-3-4-11-5-6-12-7-9-13(10-8-12)16(2,14)15/h1,11H,4-10H2,2H3. The second-order valence-electron chi connectivity index (χ2n) is 3.88. The number of nitrogens with one attached hydrogen (secondary N) is 1. The van der Waals surface area contributed by atoms with Crippen LogP contribution in [0.1, 0.15) is 0 Å². The largest absolute Gasteiger partial charge is 0.305 e. The van der Waals surface area contributed by atoms with E-state index in [1.165, 1.54) is 10.6 Å². The number of rotatable bonds is 5. The Hall–Kier alpha value is -0.610. The summed E-state index contributed by atoms with van der Waals surface area (Å²) < 4.78 is 24.1. The fourth-order valence-corrected chi connectivity index (χ4v) is 2.51. The van der Waals surface area contributed by atoms with Gasteiger partial charge in [-0.15, -0.1) is 6.42 Å². The number of piperazine rings is 1. The highest BCUT2D eigenvalue weighted by molar-refractivity contribution is 7.88. The third-order valence-electron chi connectivity index (χ3n) is 2.63.